The number of amides is 3. The van der Waals surface area contributed by atoms with Gasteiger partial charge in [0.2, 0.25) is 0 Å². The second-order valence-electron chi connectivity index (χ2n) is 11.1. The van der Waals surface area contributed by atoms with E-state index in [9.17, 15) is 19.7 Å². The fourth-order valence-corrected chi connectivity index (χ4v) is 4.75. The van der Waals surface area contributed by atoms with Crippen molar-refractivity contribution in [3.63, 3.8) is 0 Å². The molecule has 2 aromatic carbocycles. The van der Waals surface area contributed by atoms with E-state index >= 15 is 0 Å². The third-order valence-electron chi connectivity index (χ3n) is 6.96. The van der Waals surface area contributed by atoms with Gasteiger partial charge in [0.25, 0.3) is 11.6 Å². The summed E-state index contributed by atoms with van der Waals surface area (Å²) in [5.74, 6) is 0.364. The number of rotatable bonds is 9. The monoisotopic (exact) mass is 566 g/mol. The fraction of sp³-hybridized carbons (Fsp3) is 0.483. The van der Waals surface area contributed by atoms with E-state index in [-0.39, 0.29) is 24.2 Å². The molecule has 2 aliphatic rings. The molecule has 12 heteroatoms. The number of morpholine rings is 1. The molecule has 1 unspecified atom stereocenters. The second-order valence-corrected chi connectivity index (χ2v) is 11.1. The molecule has 0 spiro atoms. The molecule has 1 fully saturated rings. The van der Waals surface area contributed by atoms with Gasteiger partial charge in [-0.2, -0.15) is 5.10 Å². The lowest BCUT2D eigenvalue weighted by Crippen LogP contribution is -2.53. The van der Waals surface area contributed by atoms with Crippen LogP contribution in [0.5, 0.6) is 5.75 Å². The first kappa shape index (κ1) is 29.9. The highest BCUT2D eigenvalue weighted by atomic mass is 16.6. The first-order chi connectivity index (χ1) is 19.5. The molecule has 41 heavy (non-hydrogen) atoms. The van der Waals surface area contributed by atoms with Crippen LogP contribution in [0, 0.1) is 10.1 Å². The zero-order chi connectivity index (χ0) is 29.6. The van der Waals surface area contributed by atoms with E-state index in [1.54, 1.807) is 19.2 Å². The minimum Gasteiger partial charge on any atom is -0.497 e. The highest BCUT2D eigenvalue weighted by molar-refractivity contribution is 6.03. The van der Waals surface area contributed by atoms with Crippen molar-refractivity contribution < 1.29 is 24.0 Å². The standard InChI is InChI=1S/C29H38N6O6/c1-29(2,3)30-28(37)33(14-13-32-15-17-41-18-16-32)20-27(36)34-26(22-7-11-24(40-4)12-8-22)19-25(31-34)21-5-9-23(10-6-21)35(38)39/h5-12,26H,13-20H2,1-4H3,(H,30,37). The van der Waals surface area contributed by atoms with E-state index in [2.05, 4.69) is 15.3 Å². The van der Waals surface area contributed by atoms with Crippen LogP contribution in [0.3, 0.4) is 0 Å². The summed E-state index contributed by atoms with van der Waals surface area (Å²) in [4.78, 5) is 41.6. The van der Waals surface area contributed by atoms with Crippen molar-refractivity contribution >= 4 is 23.3 Å². The number of hydrogen-bond donors (Lipinski definition) is 1. The van der Waals surface area contributed by atoms with Gasteiger partial charge in [0.05, 0.1) is 37.0 Å². The predicted molar refractivity (Wildman–Crippen MR) is 154 cm³/mol. The number of carbonyl (C=O) groups excluding carboxylic acids is 2. The lowest BCUT2D eigenvalue weighted by atomic mass is 9.98. The molecule has 4 rings (SSSR count). The summed E-state index contributed by atoms with van der Waals surface area (Å²) in [5, 5.41) is 20.2. The van der Waals surface area contributed by atoms with Gasteiger partial charge >= 0.3 is 6.03 Å². The molecule has 0 bridgehead atoms. The van der Waals surface area contributed by atoms with Gasteiger partial charge in [-0.1, -0.05) is 12.1 Å². The fourth-order valence-electron chi connectivity index (χ4n) is 4.75. The van der Waals surface area contributed by atoms with Crippen LogP contribution in [-0.4, -0.2) is 96.0 Å². The van der Waals surface area contributed by atoms with Gasteiger partial charge in [0.15, 0.2) is 0 Å². The number of urea groups is 1. The van der Waals surface area contributed by atoms with Crippen LogP contribution in [0.25, 0.3) is 0 Å². The maximum Gasteiger partial charge on any atom is 0.318 e. The number of nitrogens with one attached hydrogen (secondary N) is 1. The number of benzene rings is 2. The number of hydrazone groups is 1. The molecule has 220 valence electrons. The van der Waals surface area contributed by atoms with E-state index in [4.69, 9.17) is 9.47 Å². The van der Waals surface area contributed by atoms with Gasteiger partial charge in [0.1, 0.15) is 12.3 Å². The van der Waals surface area contributed by atoms with Crippen LogP contribution in [0.2, 0.25) is 0 Å². The Balaban J connectivity index is 1.58. The molecule has 1 N–H and O–H groups in total. The Morgan fingerprint density at radius 1 is 1.12 bits per heavy atom. The van der Waals surface area contributed by atoms with Gasteiger partial charge in [-0.25, -0.2) is 9.80 Å². The minimum absolute atomic E-state index is 0.0206. The number of nitrogens with zero attached hydrogens (tertiary/aromatic N) is 5. The molecular formula is C29H38N6O6. The number of nitro benzene ring substituents is 1. The molecule has 0 aliphatic carbocycles. The molecule has 0 saturated carbocycles. The minimum atomic E-state index is -0.474. The number of hydrogen-bond acceptors (Lipinski definition) is 8. The van der Waals surface area contributed by atoms with Crippen molar-refractivity contribution in [3.8, 4) is 5.75 Å². The van der Waals surface area contributed by atoms with Crippen molar-refractivity contribution in [2.45, 2.75) is 38.8 Å². The smallest absolute Gasteiger partial charge is 0.318 e. The van der Waals surface area contributed by atoms with Crippen molar-refractivity contribution in [1.29, 1.82) is 0 Å². The van der Waals surface area contributed by atoms with Crippen LogP contribution >= 0.6 is 0 Å². The largest absolute Gasteiger partial charge is 0.497 e. The van der Waals surface area contributed by atoms with E-state index in [0.29, 0.717) is 49.7 Å². The van der Waals surface area contributed by atoms with Crippen molar-refractivity contribution in [1.82, 2.24) is 20.1 Å². The van der Waals surface area contributed by atoms with Gasteiger partial charge in [-0.05, 0) is 56.2 Å². The summed E-state index contributed by atoms with van der Waals surface area (Å²) in [6.45, 7) is 9.36. The highest BCUT2D eigenvalue weighted by Crippen LogP contribution is 2.34. The Bertz CT molecular complexity index is 1250. The number of methoxy groups -OCH3 is 1. The van der Waals surface area contributed by atoms with E-state index in [1.165, 1.54) is 22.0 Å². The molecule has 0 radical (unpaired) electrons. The van der Waals surface area contributed by atoms with Gasteiger partial charge in [0, 0.05) is 50.3 Å². The van der Waals surface area contributed by atoms with Gasteiger partial charge in [-0.3, -0.25) is 19.8 Å². The molecular weight excluding hydrogens is 528 g/mol. The van der Waals surface area contributed by atoms with Crippen molar-refractivity contribution in [2.75, 3.05) is 53.0 Å². The average molecular weight is 567 g/mol. The summed E-state index contributed by atoms with van der Waals surface area (Å²) in [6, 6.07) is 12.8. The zero-order valence-corrected chi connectivity index (χ0v) is 24.0. The Kier molecular flexibility index (Phi) is 9.56. The van der Waals surface area contributed by atoms with E-state index < -0.39 is 16.5 Å². The lowest BCUT2D eigenvalue weighted by Gasteiger charge is -2.32. The molecule has 0 aromatic heterocycles. The Labute approximate surface area is 240 Å². The molecule has 3 amide bonds. The van der Waals surface area contributed by atoms with Crippen LogP contribution in [0.15, 0.2) is 53.6 Å². The molecule has 1 atom stereocenters. The van der Waals surface area contributed by atoms with Crippen LogP contribution < -0.4 is 10.1 Å². The summed E-state index contributed by atoms with van der Waals surface area (Å²) in [5.41, 5.74) is 1.69. The first-order valence-corrected chi connectivity index (χ1v) is 13.7. The Hall–Kier alpha value is -4.03. The maximum atomic E-state index is 13.9. The van der Waals surface area contributed by atoms with Gasteiger partial charge < -0.3 is 19.7 Å². The number of ether oxygens (including phenoxy) is 2. The zero-order valence-electron chi connectivity index (χ0n) is 24.0. The Morgan fingerprint density at radius 3 is 2.37 bits per heavy atom. The van der Waals surface area contributed by atoms with Crippen LogP contribution in [0.4, 0.5) is 10.5 Å². The third kappa shape index (κ3) is 8.01. The quantitative estimate of drug-likeness (QED) is 0.364. The number of non-ortho nitro benzene ring substituents is 1. The molecule has 12 nitrogen and oxygen atoms in total. The highest BCUT2D eigenvalue weighted by Gasteiger charge is 2.35. The topological polar surface area (TPSA) is 130 Å². The number of nitro groups is 1. The average Bonchev–Trinajstić information content (AvgIpc) is 3.40. The lowest BCUT2D eigenvalue weighted by molar-refractivity contribution is -0.384. The van der Waals surface area contributed by atoms with Crippen LogP contribution in [0.1, 0.15) is 44.4 Å². The summed E-state index contributed by atoms with van der Waals surface area (Å²) < 4.78 is 10.7. The third-order valence-corrected chi connectivity index (χ3v) is 6.96. The maximum absolute atomic E-state index is 13.9. The first-order valence-electron chi connectivity index (χ1n) is 13.7. The second kappa shape index (κ2) is 13.1. The van der Waals surface area contributed by atoms with E-state index in [1.807, 2.05) is 45.0 Å². The van der Waals surface area contributed by atoms with Crippen LogP contribution in [-0.2, 0) is 9.53 Å². The van der Waals surface area contributed by atoms with Gasteiger partial charge in [-0.15, -0.1) is 0 Å². The summed E-state index contributed by atoms with van der Waals surface area (Å²) in [6.07, 6.45) is 0.415. The molecule has 2 aliphatic heterocycles. The summed E-state index contributed by atoms with van der Waals surface area (Å²) >= 11 is 0. The van der Waals surface area contributed by atoms with Crippen molar-refractivity contribution in [3.05, 3.63) is 69.8 Å². The normalized spacial score (nSPS) is 17.6. The predicted octanol–water partition coefficient (Wildman–Crippen LogP) is 3.42. The molecule has 2 heterocycles. The number of carbonyl (C=O) groups is 2. The Morgan fingerprint density at radius 2 is 1.78 bits per heavy atom. The van der Waals surface area contributed by atoms with Crippen molar-refractivity contribution in [2.24, 2.45) is 5.10 Å². The molecule has 1 saturated heterocycles. The SMILES string of the molecule is COc1ccc(C2CC(c3ccc([N+](=O)[O-])cc3)=NN2C(=O)CN(CCN2CCOCC2)C(=O)NC(C)(C)C)cc1. The summed E-state index contributed by atoms with van der Waals surface area (Å²) in [7, 11) is 1.59. The van der Waals surface area contributed by atoms with E-state index in [0.717, 1.165) is 18.7 Å². The molecule has 2 aromatic rings.